The van der Waals surface area contributed by atoms with E-state index in [0.29, 0.717) is 32.4 Å². The Balaban J connectivity index is 1.60. The molecular weight excluding hydrogens is 958 g/mol. The van der Waals surface area contributed by atoms with E-state index >= 15 is 0 Å². The summed E-state index contributed by atoms with van der Waals surface area (Å²) in [5.74, 6) is -3.83. The molecule has 0 radical (unpaired) electrons. The summed E-state index contributed by atoms with van der Waals surface area (Å²) in [5, 5.41) is 73.2. The van der Waals surface area contributed by atoms with Gasteiger partial charge in [-0.1, -0.05) is 39.8 Å². The number of halogens is 1. The normalized spacial score (nSPS) is 40.1. The van der Waals surface area contributed by atoms with Gasteiger partial charge in [0.2, 0.25) is 5.91 Å². The standard InChI is InChI=1S/C52H90FN3O15S/c1-15-40-52(10,64)45(60)33(6)56(12)28-29(2)25-50(8,63)47(31(4)42(32(5)48(62)70-40)39-26-51(9,67-13)46(61)34(7)69-39)71-49-44(59)38(24-30(3)68-49)55(11)23-17-16-18-41(57)54-37(27-53)43(58)35-19-21-36(22-20-35)72(14,65)66/h19-22,29-34,37-40,42-47,49,58-61,63-64H,15-18,23-28H2,1-14H3,(H,54,57)/t29-,30-,31+,32-,33-,34+,37-,38+,39-,40-,42?,43-,44-,45-,46+,47-,49+,50-,51-,52-/m1/s1. The van der Waals surface area contributed by atoms with Gasteiger partial charge in [0.15, 0.2) is 16.1 Å². The number of hydrogen-bond donors (Lipinski definition) is 7. The predicted octanol–water partition coefficient (Wildman–Crippen LogP) is 3.31. The Bertz CT molecular complexity index is 2000. The molecule has 7 N–H and O–H groups in total. The summed E-state index contributed by atoms with van der Waals surface area (Å²) in [6, 6.07) is 3.06. The number of esters is 1. The second kappa shape index (κ2) is 25.6. The topological polar surface area (TPSA) is 254 Å². The zero-order chi connectivity index (χ0) is 54.4. The Morgan fingerprint density at radius 1 is 1.00 bits per heavy atom. The minimum absolute atomic E-state index is 0.0302. The number of aliphatic hydroxyl groups is 6. The van der Waals surface area contributed by atoms with Crippen molar-refractivity contribution in [3.8, 4) is 0 Å². The molecule has 0 aromatic heterocycles. The van der Waals surface area contributed by atoms with E-state index in [2.05, 4.69) is 5.32 Å². The molecule has 3 aliphatic heterocycles. The Labute approximate surface area is 428 Å². The zero-order valence-electron chi connectivity index (χ0n) is 45.2. The molecule has 1 aromatic carbocycles. The third-order valence-electron chi connectivity index (χ3n) is 16.2. The van der Waals surface area contributed by atoms with Gasteiger partial charge in [-0.15, -0.1) is 0 Å². The molecule has 18 nitrogen and oxygen atoms in total. The lowest BCUT2D eigenvalue weighted by atomic mass is 9.68. The molecule has 0 saturated carbocycles. The SMILES string of the molecule is CC[C@H]1OC(=O)[C@H](C)C([C@H]2C[C@@](C)(OC)[C@@H](O)[C@H](C)O2)[C@H](C)[C@@H](O[C@@H]2O[C@H](C)C[C@H](N(C)CCCCC(=O)N[C@H](CF)[C@H](O)c3ccc(S(C)(=O)=O)cc3)[C@H]2O)[C@](C)(O)C[C@@H](C)CN(C)[C@H](C)[C@@H](O)[C@]1(C)O. The number of rotatable bonds is 16. The van der Waals surface area contributed by atoms with E-state index in [1.165, 1.54) is 38.3 Å². The number of ether oxygens (including phenoxy) is 5. The maximum absolute atomic E-state index is 14.6. The molecule has 72 heavy (non-hydrogen) atoms. The van der Waals surface area contributed by atoms with Crippen LogP contribution >= 0.6 is 0 Å². The number of benzene rings is 1. The highest BCUT2D eigenvalue weighted by Gasteiger charge is 2.55. The summed E-state index contributed by atoms with van der Waals surface area (Å²) < 4.78 is 69.8. The second-order valence-corrected chi connectivity index (χ2v) is 24.4. The third-order valence-corrected chi connectivity index (χ3v) is 17.3. The van der Waals surface area contributed by atoms with Crippen LogP contribution in [0.3, 0.4) is 0 Å². The largest absolute Gasteiger partial charge is 0.459 e. The first-order valence-corrected chi connectivity index (χ1v) is 27.7. The van der Waals surface area contributed by atoms with E-state index in [0.717, 1.165) is 6.26 Å². The number of hydrogen-bond acceptors (Lipinski definition) is 17. The summed E-state index contributed by atoms with van der Waals surface area (Å²) in [6.45, 7) is 17.4. The number of likely N-dealkylation sites (N-methyl/N-ethyl adjacent to an activating group) is 2. The highest BCUT2D eigenvalue weighted by atomic mass is 32.2. The fourth-order valence-corrected chi connectivity index (χ4v) is 12.3. The molecule has 416 valence electrons. The van der Waals surface area contributed by atoms with Crippen LogP contribution in [0, 0.1) is 23.7 Å². The van der Waals surface area contributed by atoms with Gasteiger partial charge in [0.05, 0.1) is 52.5 Å². The van der Waals surface area contributed by atoms with Crippen LogP contribution < -0.4 is 5.32 Å². The van der Waals surface area contributed by atoms with Crippen LogP contribution in [0.1, 0.15) is 126 Å². The summed E-state index contributed by atoms with van der Waals surface area (Å²) >= 11 is 0. The highest BCUT2D eigenvalue weighted by molar-refractivity contribution is 7.90. The number of sulfone groups is 1. The van der Waals surface area contributed by atoms with Crippen LogP contribution in [0.25, 0.3) is 0 Å². The minimum Gasteiger partial charge on any atom is -0.459 e. The fourth-order valence-electron chi connectivity index (χ4n) is 11.6. The van der Waals surface area contributed by atoms with Crippen molar-refractivity contribution >= 4 is 21.7 Å². The van der Waals surface area contributed by atoms with Crippen LogP contribution in [0.5, 0.6) is 0 Å². The maximum Gasteiger partial charge on any atom is 0.309 e. The number of nitrogens with zero attached hydrogens (tertiary/aromatic N) is 2. The molecule has 20 atom stereocenters. The second-order valence-electron chi connectivity index (χ2n) is 22.3. The molecular formula is C52H90FN3O15S. The van der Waals surface area contributed by atoms with E-state index in [1.54, 1.807) is 41.5 Å². The summed E-state index contributed by atoms with van der Waals surface area (Å²) in [4.78, 5) is 31.5. The van der Waals surface area contributed by atoms with Crippen molar-refractivity contribution in [3.63, 3.8) is 0 Å². The van der Waals surface area contributed by atoms with Crippen LogP contribution in [0.2, 0.25) is 0 Å². The van der Waals surface area contributed by atoms with Gasteiger partial charge in [-0.3, -0.25) is 9.59 Å². The molecule has 3 aliphatic rings. The molecule has 0 aliphatic carbocycles. The average molecular weight is 1050 g/mol. The molecule has 4 rings (SSSR count). The number of aliphatic hydroxyl groups excluding tert-OH is 4. The third kappa shape index (κ3) is 14.9. The van der Waals surface area contributed by atoms with E-state index in [-0.39, 0.29) is 42.1 Å². The van der Waals surface area contributed by atoms with Gasteiger partial charge >= 0.3 is 5.97 Å². The number of carbonyl (C=O) groups excluding carboxylic acids is 2. The molecule has 3 heterocycles. The lowest BCUT2D eigenvalue weighted by Crippen LogP contribution is -2.62. The van der Waals surface area contributed by atoms with E-state index in [1.807, 2.05) is 44.7 Å². The van der Waals surface area contributed by atoms with Crippen molar-refractivity contribution in [2.75, 3.05) is 47.2 Å². The van der Waals surface area contributed by atoms with Gasteiger partial charge < -0.3 is 69.4 Å². The quantitative estimate of drug-likeness (QED) is 0.0926. The van der Waals surface area contributed by atoms with Crippen LogP contribution in [0.4, 0.5) is 4.39 Å². The Morgan fingerprint density at radius 2 is 1.62 bits per heavy atom. The maximum atomic E-state index is 14.6. The smallest absolute Gasteiger partial charge is 0.309 e. The summed E-state index contributed by atoms with van der Waals surface area (Å²) in [6.07, 6.45) is -7.42. The summed E-state index contributed by atoms with van der Waals surface area (Å²) in [7, 11) is 1.69. The number of nitrogens with one attached hydrogen (secondary N) is 1. The number of carbonyl (C=O) groups is 2. The predicted molar refractivity (Wildman–Crippen MR) is 268 cm³/mol. The first kappa shape index (κ1) is 62.1. The molecule has 1 aromatic rings. The average Bonchev–Trinajstić information content (AvgIpc) is 3.31. The number of methoxy groups -OCH3 is 1. The molecule has 3 saturated heterocycles. The van der Waals surface area contributed by atoms with Crippen molar-refractivity contribution in [1.82, 2.24) is 15.1 Å². The number of cyclic esters (lactones) is 1. The van der Waals surface area contributed by atoms with Gasteiger partial charge in [0, 0.05) is 50.8 Å². The lowest BCUT2D eigenvalue weighted by molar-refractivity contribution is -0.303. The Morgan fingerprint density at radius 3 is 2.19 bits per heavy atom. The van der Waals surface area contributed by atoms with Crippen molar-refractivity contribution in [2.45, 2.75) is 215 Å². The van der Waals surface area contributed by atoms with Crippen molar-refractivity contribution in [2.24, 2.45) is 23.7 Å². The van der Waals surface area contributed by atoms with E-state index in [4.69, 9.17) is 23.7 Å². The van der Waals surface area contributed by atoms with Crippen LogP contribution in [0.15, 0.2) is 29.2 Å². The highest BCUT2D eigenvalue weighted by Crippen LogP contribution is 2.45. The molecule has 0 bridgehead atoms. The van der Waals surface area contributed by atoms with Crippen LogP contribution in [-0.4, -0.2) is 198 Å². The monoisotopic (exact) mass is 1050 g/mol. The van der Waals surface area contributed by atoms with E-state index < -0.39 is 142 Å². The summed E-state index contributed by atoms with van der Waals surface area (Å²) in [5.41, 5.74) is -4.32. The fraction of sp³-hybridized carbons (Fsp3) is 0.846. The Hall–Kier alpha value is -2.44. The number of unbranched alkanes of at least 4 members (excludes halogenated alkanes) is 1. The van der Waals surface area contributed by atoms with E-state index in [9.17, 15) is 53.0 Å². The first-order chi connectivity index (χ1) is 33.3. The van der Waals surface area contributed by atoms with Gasteiger partial charge in [-0.2, -0.15) is 0 Å². The van der Waals surface area contributed by atoms with Gasteiger partial charge in [0.1, 0.15) is 42.8 Å². The molecule has 1 amide bonds. The van der Waals surface area contributed by atoms with Crippen molar-refractivity contribution < 1.29 is 76.7 Å². The van der Waals surface area contributed by atoms with Gasteiger partial charge in [-0.05, 0) is 124 Å². The minimum atomic E-state index is -3.47. The molecule has 20 heteroatoms. The lowest BCUT2D eigenvalue weighted by Gasteiger charge is -2.51. The Kier molecular flexibility index (Phi) is 22.1. The van der Waals surface area contributed by atoms with Gasteiger partial charge in [0.25, 0.3) is 0 Å². The molecule has 1 unspecified atom stereocenters. The van der Waals surface area contributed by atoms with Crippen LogP contribution in [-0.2, 0) is 43.1 Å². The van der Waals surface area contributed by atoms with Gasteiger partial charge in [-0.25, -0.2) is 12.8 Å². The molecule has 0 spiro atoms. The number of amides is 1. The number of alkyl halides is 1. The molecule has 3 fully saturated rings. The van der Waals surface area contributed by atoms with Crippen molar-refractivity contribution in [3.05, 3.63) is 29.8 Å². The van der Waals surface area contributed by atoms with Crippen molar-refractivity contribution in [1.29, 1.82) is 0 Å². The zero-order valence-corrected chi connectivity index (χ0v) is 46.1. The first-order valence-electron chi connectivity index (χ1n) is 25.8.